The van der Waals surface area contributed by atoms with E-state index in [2.05, 4.69) is 47.6 Å². The van der Waals surface area contributed by atoms with Gasteiger partial charge in [-0.2, -0.15) is 0 Å². The molecule has 0 aliphatic heterocycles. The molecule has 0 amide bonds. The van der Waals surface area contributed by atoms with E-state index in [9.17, 15) is 9.90 Å². The predicted molar refractivity (Wildman–Crippen MR) is 124 cm³/mol. The van der Waals surface area contributed by atoms with Crippen molar-refractivity contribution >= 4 is 5.78 Å². The van der Waals surface area contributed by atoms with Gasteiger partial charge in [-0.05, 0) is 97.7 Å². The largest absolute Gasteiger partial charge is 0.393 e. The molecule has 4 rings (SSSR count). The van der Waals surface area contributed by atoms with E-state index in [0.717, 1.165) is 37.0 Å². The van der Waals surface area contributed by atoms with Crippen LogP contribution in [-0.2, 0) is 4.79 Å². The molecular weight excluding hydrogens is 368 g/mol. The van der Waals surface area contributed by atoms with E-state index in [4.69, 9.17) is 0 Å². The number of fused-ring (bicyclic) bond motifs is 5. The maximum atomic E-state index is 12.8. The predicted octanol–water partition coefficient (Wildman–Crippen LogP) is 6.81. The van der Waals surface area contributed by atoms with E-state index >= 15 is 0 Å². The molecule has 3 fully saturated rings. The van der Waals surface area contributed by atoms with Crippen molar-refractivity contribution in [2.75, 3.05) is 0 Å². The Kier molecular flexibility index (Phi) is 6.06. The second-order valence-corrected chi connectivity index (χ2v) is 12.6. The number of carbonyl (C=O) groups excluding carboxylic acids is 1. The molecule has 0 saturated heterocycles. The number of aliphatic hydroxyl groups is 1. The lowest BCUT2D eigenvalue weighted by Crippen LogP contribution is -2.50. The summed E-state index contributed by atoms with van der Waals surface area (Å²) in [4.78, 5) is 12.8. The molecule has 0 spiro atoms. The molecule has 4 aliphatic carbocycles. The maximum Gasteiger partial charge on any atom is 0.136 e. The Morgan fingerprint density at radius 1 is 1.07 bits per heavy atom. The number of carbonyl (C=O) groups is 1. The van der Waals surface area contributed by atoms with E-state index in [-0.39, 0.29) is 12.0 Å². The summed E-state index contributed by atoms with van der Waals surface area (Å²) in [7, 11) is 0. The number of rotatable bonds is 5. The summed E-state index contributed by atoms with van der Waals surface area (Å²) in [5.41, 5.74) is 2.32. The summed E-state index contributed by atoms with van der Waals surface area (Å²) in [5, 5.41) is 10.2. The highest BCUT2D eigenvalue weighted by Gasteiger charge is 2.59. The first kappa shape index (κ1) is 22.6. The van der Waals surface area contributed by atoms with Crippen molar-refractivity contribution in [1.82, 2.24) is 0 Å². The lowest BCUT2D eigenvalue weighted by Gasteiger charge is -2.58. The number of allylic oxidation sites excluding steroid dienone is 1. The van der Waals surface area contributed by atoms with Gasteiger partial charge in [0.25, 0.3) is 0 Å². The molecule has 1 N–H and O–H groups in total. The van der Waals surface area contributed by atoms with Crippen LogP contribution in [0, 0.1) is 52.3 Å². The molecule has 30 heavy (non-hydrogen) atoms. The Bertz CT molecular complexity index is 693. The number of hydrogen-bond donors (Lipinski definition) is 1. The van der Waals surface area contributed by atoms with Crippen LogP contribution in [0.2, 0.25) is 0 Å². The SMILES string of the molecule is CC(C)[C@H](C)C(=O)C[C@@H](C)[C@H]1CCC2C3CC=C4C[C@@H](O)CC[C@]4(C)C3CC[C@@]21C. The molecule has 0 aromatic rings. The zero-order valence-electron chi connectivity index (χ0n) is 20.4. The van der Waals surface area contributed by atoms with Crippen molar-refractivity contribution in [3.05, 3.63) is 11.6 Å². The highest BCUT2D eigenvalue weighted by atomic mass is 16.3. The number of aliphatic hydroxyl groups excluding tert-OH is 1. The monoisotopic (exact) mass is 414 g/mol. The third-order valence-electron chi connectivity index (χ3n) is 10.9. The molecule has 3 unspecified atom stereocenters. The van der Waals surface area contributed by atoms with E-state index < -0.39 is 0 Å². The summed E-state index contributed by atoms with van der Waals surface area (Å²) in [6.45, 7) is 14.0. The average Bonchev–Trinajstić information content (AvgIpc) is 3.05. The number of ketones is 1. The van der Waals surface area contributed by atoms with Crippen molar-refractivity contribution < 1.29 is 9.90 Å². The van der Waals surface area contributed by atoms with Gasteiger partial charge in [-0.25, -0.2) is 0 Å². The van der Waals surface area contributed by atoms with Gasteiger partial charge in [0.05, 0.1) is 6.10 Å². The summed E-state index contributed by atoms with van der Waals surface area (Å²) in [6.07, 6.45) is 12.9. The molecular formula is C28H46O2. The van der Waals surface area contributed by atoms with Crippen LogP contribution in [0.5, 0.6) is 0 Å². The zero-order chi connectivity index (χ0) is 21.8. The van der Waals surface area contributed by atoms with Crippen LogP contribution in [0.3, 0.4) is 0 Å². The van der Waals surface area contributed by atoms with Gasteiger partial charge in [0.15, 0.2) is 0 Å². The molecule has 0 heterocycles. The molecule has 170 valence electrons. The highest BCUT2D eigenvalue weighted by Crippen LogP contribution is 2.67. The Labute approximate surface area is 185 Å². The van der Waals surface area contributed by atoms with Crippen molar-refractivity contribution in [3.8, 4) is 0 Å². The van der Waals surface area contributed by atoms with Crippen molar-refractivity contribution in [3.63, 3.8) is 0 Å². The lowest BCUT2D eigenvalue weighted by molar-refractivity contribution is -0.125. The first-order valence-electron chi connectivity index (χ1n) is 13.0. The van der Waals surface area contributed by atoms with Crippen LogP contribution < -0.4 is 0 Å². The van der Waals surface area contributed by atoms with Crippen LogP contribution in [0.4, 0.5) is 0 Å². The van der Waals surface area contributed by atoms with E-state index in [1.165, 1.54) is 38.5 Å². The lowest BCUT2D eigenvalue weighted by atomic mass is 9.47. The minimum atomic E-state index is -0.114. The van der Waals surface area contributed by atoms with Crippen LogP contribution in [0.15, 0.2) is 11.6 Å². The summed E-state index contributed by atoms with van der Waals surface area (Å²) in [5.74, 6) is 4.79. The van der Waals surface area contributed by atoms with Gasteiger partial charge in [0.2, 0.25) is 0 Å². The summed E-state index contributed by atoms with van der Waals surface area (Å²) in [6, 6.07) is 0. The summed E-state index contributed by atoms with van der Waals surface area (Å²) < 4.78 is 0. The average molecular weight is 415 g/mol. The molecule has 0 aromatic heterocycles. The fraction of sp³-hybridized carbons (Fsp3) is 0.893. The number of hydrogen-bond acceptors (Lipinski definition) is 2. The van der Waals surface area contributed by atoms with Gasteiger partial charge in [-0.3, -0.25) is 4.79 Å². The first-order chi connectivity index (χ1) is 14.1. The van der Waals surface area contributed by atoms with Crippen molar-refractivity contribution in [2.24, 2.45) is 52.3 Å². The topological polar surface area (TPSA) is 37.3 Å². The minimum absolute atomic E-state index is 0.114. The minimum Gasteiger partial charge on any atom is -0.393 e. The zero-order valence-corrected chi connectivity index (χ0v) is 20.4. The van der Waals surface area contributed by atoms with Crippen molar-refractivity contribution in [1.29, 1.82) is 0 Å². The summed E-state index contributed by atoms with van der Waals surface area (Å²) >= 11 is 0. The van der Waals surface area contributed by atoms with Crippen molar-refractivity contribution in [2.45, 2.75) is 105 Å². The molecule has 3 saturated carbocycles. The molecule has 2 nitrogen and oxygen atoms in total. The van der Waals surface area contributed by atoms with Crippen LogP contribution in [-0.4, -0.2) is 17.0 Å². The molecule has 0 bridgehead atoms. The van der Waals surface area contributed by atoms with Crippen LogP contribution >= 0.6 is 0 Å². The van der Waals surface area contributed by atoms with Gasteiger partial charge >= 0.3 is 0 Å². The van der Waals surface area contributed by atoms with Crippen LogP contribution in [0.1, 0.15) is 99.3 Å². The van der Waals surface area contributed by atoms with Crippen LogP contribution in [0.25, 0.3) is 0 Å². The van der Waals surface area contributed by atoms with E-state index in [0.29, 0.717) is 34.4 Å². The second kappa shape index (κ2) is 8.05. The maximum absolute atomic E-state index is 12.8. The second-order valence-electron chi connectivity index (χ2n) is 12.6. The molecule has 0 radical (unpaired) electrons. The van der Waals surface area contributed by atoms with Gasteiger partial charge in [-0.15, -0.1) is 0 Å². The standard InChI is InChI=1S/C28H46O2/c1-17(2)19(4)26(30)15-18(3)23-9-10-24-22-8-7-20-16-21(29)11-13-27(20,5)25(22)12-14-28(23,24)6/h7,17-19,21-25,29H,8-16H2,1-6H3/t18-,19+,21+,22?,23-,24?,25?,27+,28-/m1/s1. The third kappa shape index (κ3) is 3.54. The third-order valence-corrected chi connectivity index (χ3v) is 10.9. The smallest absolute Gasteiger partial charge is 0.136 e. The molecule has 2 heteroatoms. The van der Waals surface area contributed by atoms with E-state index in [1.54, 1.807) is 5.57 Å². The van der Waals surface area contributed by atoms with Gasteiger partial charge < -0.3 is 5.11 Å². The van der Waals surface area contributed by atoms with Gasteiger partial charge in [0.1, 0.15) is 5.78 Å². The highest BCUT2D eigenvalue weighted by molar-refractivity contribution is 5.81. The molecule has 4 aliphatic rings. The number of Topliss-reactive ketones (excluding diaryl/α,β-unsaturated/α-hetero) is 1. The fourth-order valence-electron chi connectivity index (χ4n) is 8.63. The quantitative estimate of drug-likeness (QED) is 0.501. The Morgan fingerprint density at radius 3 is 2.50 bits per heavy atom. The Balaban J connectivity index is 1.51. The fourth-order valence-corrected chi connectivity index (χ4v) is 8.63. The first-order valence-corrected chi connectivity index (χ1v) is 13.0. The Hall–Kier alpha value is -0.630. The molecule has 9 atom stereocenters. The molecule has 0 aromatic carbocycles. The normalized spacial score (nSPS) is 45.2. The van der Waals surface area contributed by atoms with Gasteiger partial charge in [0, 0.05) is 12.3 Å². The van der Waals surface area contributed by atoms with E-state index in [1.807, 2.05) is 0 Å². The Morgan fingerprint density at radius 2 is 1.80 bits per heavy atom. The van der Waals surface area contributed by atoms with Gasteiger partial charge in [-0.1, -0.05) is 53.2 Å².